The molecule has 18 heavy (non-hydrogen) atoms. The number of halogens is 2. The van der Waals surface area contributed by atoms with E-state index in [0.717, 1.165) is 11.0 Å². The van der Waals surface area contributed by atoms with Crippen molar-refractivity contribution in [2.24, 2.45) is 0 Å². The highest BCUT2D eigenvalue weighted by atomic mass is 79.9. The molecule has 1 unspecified atom stereocenters. The number of alkyl halides is 1. The Morgan fingerprint density at radius 1 is 1.00 bits per heavy atom. The van der Waals surface area contributed by atoms with E-state index in [0.29, 0.717) is 5.88 Å². The predicted molar refractivity (Wildman–Crippen MR) is 80.9 cm³/mol. The van der Waals surface area contributed by atoms with Gasteiger partial charge in [-0.1, -0.05) is 64.5 Å². The lowest BCUT2D eigenvalue weighted by Crippen LogP contribution is -2.22. The van der Waals surface area contributed by atoms with Gasteiger partial charge in [-0.15, -0.1) is 11.6 Å². The summed E-state index contributed by atoms with van der Waals surface area (Å²) in [6.45, 7) is 0.799. The Bertz CT molecular complexity index is 487. The standard InChI is InChI=1S/C15H15BrClN/c16-14-9-5-4-8-13(14)11-18-15(10-17)12-6-2-1-3-7-12/h1-9,15,18H,10-11H2. The van der Waals surface area contributed by atoms with Gasteiger partial charge in [-0.05, 0) is 17.2 Å². The zero-order valence-electron chi connectivity index (χ0n) is 9.94. The van der Waals surface area contributed by atoms with Gasteiger partial charge in [0.15, 0.2) is 0 Å². The van der Waals surface area contributed by atoms with Gasteiger partial charge in [0.05, 0.1) is 0 Å². The van der Waals surface area contributed by atoms with Gasteiger partial charge in [0.2, 0.25) is 0 Å². The van der Waals surface area contributed by atoms with Crippen molar-refractivity contribution >= 4 is 27.5 Å². The van der Waals surface area contributed by atoms with Gasteiger partial charge in [0.1, 0.15) is 0 Å². The van der Waals surface area contributed by atoms with Crippen LogP contribution in [0.4, 0.5) is 0 Å². The Morgan fingerprint density at radius 3 is 2.33 bits per heavy atom. The van der Waals surface area contributed by atoms with E-state index >= 15 is 0 Å². The third-order valence-corrected chi connectivity index (χ3v) is 3.94. The summed E-state index contributed by atoms with van der Waals surface area (Å²) in [6, 6.07) is 18.7. The maximum atomic E-state index is 6.03. The van der Waals surface area contributed by atoms with Crippen LogP contribution in [0.25, 0.3) is 0 Å². The molecule has 0 aromatic heterocycles. The lowest BCUT2D eigenvalue weighted by Gasteiger charge is -2.17. The van der Waals surface area contributed by atoms with Crippen LogP contribution in [0.15, 0.2) is 59.1 Å². The summed E-state index contributed by atoms with van der Waals surface area (Å²) in [7, 11) is 0. The summed E-state index contributed by atoms with van der Waals surface area (Å²) >= 11 is 9.59. The molecule has 0 saturated heterocycles. The molecule has 0 aliphatic carbocycles. The monoisotopic (exact) mass is 323 g/mol. The predicted octanol–water partition coefficient (Wildman–Crippen LogP) is 4.52. The average Bonchev–Trinajstić information content (AvgIpc) is 2.42. The van der Waals surface area contributed by atoms with Crippen molar-refractivity contribution in [3.05, 3.63) is 70.2 Å². The first-order valence-electron chi connectivity index (χ1n) is 5.89. The smallest absolute Gasteiger partial charge is 0.0460 e. The molecule has 0 aliphatic heterocycles. The Hall–Kier alpha value is -0.830. The van der Waals surface area contributed by atoms with Gasteiger partial charge >= 0.3 is 0 Å². The Kier molecular flexibility index (Phi) is 5.24. The molecule has 1 N–H and O–H groups in total. The van der Waals surface area contributed by atoms with Gasteiger partial charge in [-0.2, -0.15) is 0 Å². The first-order chi connectivity index (χ1) is 8.81. The molecule has 3 heteroatoms. The summed E-state index contributed by atoms with van der Waals surface area (Å²) < 4.78 is 1.12. The van der Waals surface area contributed by atoms with Crippen LogP contribution in [0.2, 0.25) is 0 Å². The van der Waals surface area contributed by atoms with Crippen LogP contribution in [0.1, 0.15) is 17.2 Å². The molecule has 0 fully saturated rings. The van der Waals surface area contributed by atoms with Crippen LogP contribution < -0.4 is 5.32 Å². The lowest BCUT2D eigenvalue weighted by atomic mass is 10.1. The Morgan fingerprint density at radius 2 is 1.67 bits per heavy atom. The lowest BCUT2D eigenvalue weighted by molar-refractivity contribution is 0.578. The second-order valence-electron chi connectivity index (χ2n) is 4.09. The molecule has 1 nitrogen and oxygen atoms in total. The van der Waals surface area contributed by atoms with Crippen molar-refractivity contribution in [2.75, 3.05) is 5.88 Å². The average molecular weight is 325 g/mol. The summed E-state index contributed by atoms with van der Waals surface area (Å²) in [5, 5.41) is 3.48. The summed E-state index contributed by atoms with van der Waals surface area (Å²) in [5.41, 5.74) is 2.46. The van der Waals surface area contributed by atoms with Gasteiger partial charge in [-0.3, -0.25) is 0 Å². The van der Waals surface area contributed by atoms with Crippen LogP contribution in [0, 0.1) is 0 Å². The van der Waals surface area contributed by atoms with E-state index in [9.17, 15) is 0 Å². The molecule has 0 radical (unpaired) electrons. The molecule has 94 valence electrons. The second-order valence-corrected chi connectivity index (χ2v) is 5.25. The molecule has 2 rings (SSSR count). The molecule has 0 spiro atoms. The molecule has 1 atom stereocenters. The third-order valence-electron chi connectivity index (χ3n) is 2.85. The van der Waals surface area contributed by atoms with Crippen molar-refractivity contribution in [3.63, 3.8) is 0 Å². The second kappa shape index (κ2) is 6.93. The quantitative estimate of drug-likeness (QED) is 0.797. The maximum Gasteiger partial charge on any atom is 0.0460 e. The van der Waals surface area contributed by atoms with Crippen LogP contribution in [-0.4, -0.2) is 5.88 Å². The molecule has 0 bridgehead atoms. The van der Waals surface area contributed by atoms with Gasteiger partial charge in [0, 0.05) is 22.9 Å². The number of hydrogen-bond donors (Lipinski definition) is 1. The fraction of sp³-hybridized carbons (Fsp3) is 0.200. The molecular formula is C15H15BrClN. The van der Waals surface area contributed by atoms with Gasteiger partial charge in [0.25, 0.3) is 0 Å². The molecule has 0 aliphatic rings. The fourth-order valence-corrected chi connectivity index (χ4v) is 2.53. The van der Waals surface area contributed by atoms with E-state index in [2.05, 4.69) is 45.5 Å². The minimum Gasteiger partial charge on any atom is -0.305 e. The van der Waals surface area contributed by atoms with Crippen molar-refractivity contribution in [3.8, 4) is 0 Å². The third kappa shape index (κ3) is 3.58. The van der Waals surface area contributed by atoms with Crippen molar-refractivity contribution in [2.45, 2.75) is 12.6 Å². The van der Waals surface area contributed by atoms with Crippen LogP contribution in [-0.2, 0) is 6.54 Å². The van der Waals surface area contributed by atoms with Crippen LogP contribution in [0.3, 0.4) is 0 Å². The SMILES string of the molecule is ClCC(NCc1ccccc1Br)c1ccccc1. The minimum atomic E-state index is 0.181. The van der Waals surface area contributed by atoms with E-state index in [1.165, 1.54) is 11.1 Å². The zero-order valence-corrected chi connectivity index (χ0v) is 12.3. The fourth-order valence-electron chi connectivity index (χ4n) is 1.82. The topological polar surface area (TPSA) is 12.0 Å². The molecule has 2 aromatic rings. The number of nitrogens with one attached hydrogen (secondary N) is 1. The van der Waals surface area contributed by atoms with E-state index in [1.807, 2.05) is 30.3 Å². The van der Waals surface area contributed by atoms with Gasteiger partial charge < -0.3 is 5.32 Å². The summed E-state index contributed by atoms with van der Waals surface area (Å²) in [4.78, 5) is 0. The van der Waals surface area contributed by atoms with E-state index in [1.54, 1.807) is 0 Å². The largest absolute Gasteiger partial charge is 0.305 e. The Balaban J connectivity index is 2.02. The summed E-state index contributed by atoms with van der Waals surface area (Å²) in [5.74, 6) is 0.564. The van der Waals surface area contributed by atoms with Crippen molar-refractivity contribution in [1.82, 2.24) is 5.32 Å². The zero-order chi connectivity index (χ0) is 12.8. The van der Waals surface area contributed by atoms with Crippen LogP contribution in [0.5, 0.6) is 0 Å². The van der Waals surface area contributed by atoms with Crippen molar-refractivity contribution < 1.29 is 0 Å². The maximum absolute atomic E-state index is 6.03. The van der Waals surface area contributed by atoms with Crippen LogP contribution >= 0.6 is 27.5 Å². The first-order valence-corrected chi connectivity index (χ1v) is 7.21. The number of rotatable bonds is 5. The minimum absolute atomic E-state index is 0.181. The molecule has 0 amide bonds. The van der Waals surface area contributed by atoms with E-state index in [-0.39, 0.29) is 6.04 Å². The molecule has 0 saturated carbocycles. The summed E-state index contributed by atoms with van der Waals surface area (Å²) in [6.07, 6.45) is 0. The first kappa shape index (κ1) is 13.6. The number of benzene rings is 2. The Labute approximate surface area is 121 Å². The molecule has 2 aromatic carbocycles. The molecular weight excluding hydrogens is 310 g/mol. The van der Waals surface area contributed by atoms with Crippen molar-refractivity contribution in [1.29, 1.82) is 0 Å². The normalized spacial score (nSPS) is 12.3. The van der Waals surface area contributed by atoms with Gasteiger partial charge in [-0.25, -0.2) is 0 Å². The highest BCUT2D eigenvalue weighted by Crippen LogP contribution is 2.19. The highest BCUT2D eigenvalue weighted by molar-refractivity contribution is 9.10. The van der Waals surface area contributed by atoms with E-state index < -0.39 is 0 Å². The number of hydrogen-bond acceptors (Lipinski definition) is 1. The highest BCUT2D eigenvalue weighted by Gasteiger charge is 2.09. The van der Waals surface area contributed by atoms with E-state index in [4.69, 9.17) is 11.6 Å². The molecule has 0 heterocycles.